The fourth-order valence-electron chi connectivity index (χ4n) is 3.60. The number of hydrogen-bond acceptors (Lipinski definition) is 6. The van der Waals surface area contributed by atoms with E-state index in [9.17, 15) is 24.6 Å². The third-order valence-corrected chi connectivity index (χ3v) is 5.37. The SMILES string of the molecule is CCc1ccc(C(C(=O)NCc2ccccc2)N(CCO)C(=O)C(CO)NC(=O)OC(C)(C)C)cc1. The highest BCUT2D eigenvalue weighted by Gasteiger charge is 2.35. The second kappa shape index (κ2) is 13.6. The maximum absolute atomic E-state index is 13.5. The van der Waals surface area contributed by atoms with Crippen LogP contribution in [0.3, 0.4) is 0 Å². The van der Waals surface area contributed by atoms with E-state index in [2.05, 4.69) is 10.6 Å². The van der Waals surface area contributed by atoms with Gasteiger partial charge in [0.1, 0.15) is 17.7 Å². The van der Waals surface area contributed by atoms with E-state index >= 15 is 0 Å². The van der Waals surface area contributed by atoms with Gasteiger partial charge in [-0.15, -0.1) is 0 Å². The van der Waals surface area contributed by atoms with Crippen molar-refractivity contribution in [3.63, 3.8) is 0 Å². The Bertz CT molecular complexity index is 989. The molecule has 0 spiro atoms. The highest BCUT2D eigenvalue weighted by atomic mass is 16.6. The minimum atomic E-state index is -1.37. The lowest BCUT2D eigenvalue weighted by atomic mass is 10.0. The summed E-state index contributed by atoms with van der Waals surface area (Å²) >= 11 is 0. The molecule has 0 saturated heterocycles. The predicted molar refractivity (Wildman–Crippen MR) is 136 cm³/mol. The first kappa shape index (κ1) is 28.8. The van der Waals surface area contributed by atoms with Gasteiger partial charge in [0, 0.05) is 13.1 Å². The Labute approximate surface area is 212 Å². The molecule has 0 fully saturated rings. The van der Waals surface area contributed by atoms with Crippen molar-refractivity contribution in [3.05, 3.63) is 71.3 Å². The van der Waals surface area contributed by atoms with E-state index in [1.54, 1.807) is 32.9 Å². The van der Waals surface area contributed by atoms with Gasteiger partial charge in [0.2, 0.25) is 11.8 Å². The monoisotopic (exact) mass is 499 g/mol. The van der Waals surface area contributed by atoms with E-state index in [0.717, 1.165) is 17.5 Å². The minimum Gasteiger partial charge on any atom is -0.444 e. The van der Waals surface area contributed by atoms with Crippen LogP contribution in [0.5, 0.6) is 0 Å². The number of hydrogen-bond donors (Lipinski definition) is 4. The van der Waals surface area contributed by atoms with E-state index in [0.29, 0.717) is 5.56 Å². The van der Waals surface area contributed by atoms with Crippen LogP contribution in [0, 0.1) is 0 Å². The number of amides is 3. The number of aliphatic hydroxyl groups excluding tert-OH is 2. The van der Waals surface area contributed by atoms with Crippen molar-refractivity contribution in [3.8, 4) is 0 Å². The first-order valence-electron chi connectivity index (χ1n) is 12.0. The molecule has 36 heavy (non-hydrogen) atoms. The Morgan fingerprint density at radius 2 is 1.61 bits per heavy atom. The fraction of sp³-hybridized carbons (Fsp3) is 0.444. The largest absolute Gasteiger partial charge is 0.444 e. The highest BCUT2D eigenvalue weighted by Crippen LogP contribution is 2.23. The van der Waals surface area contributed by atoms with Gasteiger partial charge in [-0.1, -0.05) is 61.5 Å². The maximum atomic E-state index is 13.5. The molecule has 0 saturated carbocycles. The number of carbonyl (C=O) groups is 3. The van der Waals surface area contributed by atoms with Crippen molar-refractivity contribution in [1.29, 1.82) is 0 Å². The molecule has 0 bridgehead atoms. The Morgan fingerprint density at radius 1 is 0.972 bits per heavy atom. The number of aryl methyl sites for hydroxylation is 1. The Balaban J connectivity index is 2.36. The second-order valence-corrected chi connectivity index (χ2v) is 9.34. The molecule has 0 aliphatic heterocycles. The summed E-state index contributed by atoms with van der Waals surface area (Å²) in [6.07, 6.45) is -0.0761. The molecule has 196 valence electrons. The van der Waals surface area contributed by atoms with Crippen LogP contribution >= 0.6 is 0 Å². The standard InChI is InChI=1S/C27H37N3O6/c1-5-19-11-13-21(14-12-19)23(24(33)28-17-20-9-7-6-8-10-20)30(15-16-31)25(34)22(18-32)29-26(35)36-27(2,3)4/h6-14,22-23,31-32H,5,15-18H2,1-4H3,(H,28,33)(H,29,35). The van der Waals surface area contributed by atoms with Crippen molar-refractivity contribution in [2.75, 3.05) is 19.8 Å². The fourth-order valence-corrected chi connectivity index (χ4v) is 3.60. The molecule has 2 aromatic carbocycles. The van der Waals surface area contributed by atoms with Gasteiger partial charge < -0.3 is 30.5 Å². The van der Waals surface area contributed by atoms with Crippen LogP contribution in [-0.4, -0.2) is 64.4 Å². The summed E-state index contributed by atoms with van der Waals surface area (Å²) < 4.78 is 5.20. The number of alkyl carbamates (subject to hydrolysis) is 1. The lowest BCUT2D eigenvalue weighted by Gasteiger charge is -2.33. The summed E-state index contributed by atoms with van der Waals surface area (Å²) in [5.74, 6) is -1.18. The summed E-state index contributed by atoms with van der Waals surface area (Å²) in [6, 6.07) is 14.1. The van der Waals surface area contributed by atoms with Crippen molar-refractivity contribution < 1.29 is 29.3 Å². The van der Waals surface area contributed by atoms with Crippen LogP contribution < -0.4 is 10.6 Å². The summed E-state index contributed by atoms with van der Waals surface area (Å²) in [4.78, 5) is 40.4. The number of nitrogens with one attached hydrogen (secondary N) is 2. The average molecular weight is 500 g/mol. The van der Waals surface area contributed by atoms with Crippen LogP contribution in [-0.2, 0) is 27.3 Å². The number of aliphatic hydroxyl groups is 2. The maximum Gasteiger partial charge on any atom is 0.408 e. The predicted octanol–water partition coefficient (Wildman–Crippen LogP) is 2.31. The molecule has 3 amide bonds. The van der Waals surface area contributed by atoms with Crippen LogP contribution in [0.25, 0.3) is 0 Å². The van der Waals surface area contributed by atoms with Crippen LogP contribution in [0.2, 0.25) is 0 Å². The molecule has 2 rings (SSSR count). The quantitative estimate of drug-likeness (QED) is 0.376. The molecule has 2 unspecified atom stereocenters. The van der Waals surface area contributed by atoms with Gasteiger partial charge >= 0.3 is 6.09 Å². The first-order chi connectivity index (χ1) is 17.1. The van der Waals surface area contributed by atoms with E-state index in [4.69, 9.17) is 4.74 Å². The van der Waals surface area contributed by atoms with Gasteiger partial charge in [-0.25, -0.2) is 4.79 Å². The van der Waals surface area contributed by atoms with Gasteiger partial charge in [-0.05, 0) is 43.9 Å². The van der Waals surface area contributed by atoms with Crippen molar-refractivity contribution in [1.82, 2.24) is 15.5 Å². The van der Waals surface area contributed by atoms with E-state index in [1.807, 2.05) is 49.4 Å². The lowest BCUT2D eigenvalue weighted by Crippen LogP contribution is -2.55. The minimum absolute atomic E-state index is 0.190. The zero-order chi connectivity index (χ0) is 26.7. The number of ether oxygens (including phenoxy) is 1. The summed E-state index contributed by atoms with van der Waals surface area (Å²) in [5.41, 5.74) is 1.67. The van der Waals surface area contributed by atoms with Gasteiger partial charge in [0.05, 0.1) is 13.2 Å². The number of rotatable bonds is 11. The molecule has 2 atom stereocenters. The van der Waals surface area contributed by atoms with E-state index in [1.165, 1.54) is 4.90 Å². The van der Waals surface area contributed by atoms with Crippen LogP contribution in [0.1, 0.15) is 50.4 Å². The lowest BCUT2D eigenvalue weighted by molar-refractivity contribution is -0.143. The molecule has 4 N–H and O–H groups in total. The summed E-state index contributed by atoms with van der Waals surface area (Å²) in [7, 11) is 0. The van der Waals surface area contributed by atoms with Gasteiger partial charge in [0.25, 0.3) is 0 Å². The zero-order valence-corrected chi connectivity index (χ0v) is 21.4. The van der Waals surface area contributed by atoms with Gasteiger partial charge in [-0.2, -0.15) is 0 Å². The summed E-state index contributed by atoms with van der Waals surface area (Å²) in [6.45, 7) is 5.94. The third-order valence-electron chi connectivity index (χ3n) is 5.37. The molecular weight excluding hydrogens is 462 g/mol. The van der Waals surface area contributed by atoms with Crippen molar-refractivity contribution >= 4 is 17.9 Å². The molecule has 0 heterocycles. The Kier molecular flexibility index (Phi) is 10.9. The van der Waals surface area contributed by atoms with Crippen LogP contribution in [0.15, 0.2) is 54.6 Å². The highest BCUT2D eigenvalue weighted by molar-refractivity contribution is 5.92. The molecule has 2 aromatic rings. The zero-order valence-electron chi connectivity index (χ0n) is 21.4. The Morgan fingerprint density at radius 3 is 2.14 bits per heavy atom. The Hall–Kier alpha value is -3.43. The van der Waals surface area contributed by atoms with Gasteiger partial charge in [-0.3, -0.25) is 9.59 Å². The molecule has 0 radical (unpaired) electrons. The molecule has 0 aliphatic carbocycles. The molecule has 9 nitrogen and oxygen atoms in total. The van der Waals surface area contributed by atoms with Crippen molar-refractivity contribution in [2.24, 2.45) is 0 Å². The third kappa shape index (κ3) is 8.66. The van der Waals surface area contributed by atoms with E-state index < -0.39 is 48.8 Å². The number of nitrogens with zero attached hydrogens (tertiary/aromatic N) is 1. The number of benzene rings is 2. The van der Waals surface area contributed by atoms with Gasteiger partial charge in [0.15, 0.2) is 0 Å². The topological polar surface area (TPSA) is 128 Å². The normalized spacial score (nSPS) is 12.8. The molecule has 9 heteroatoms. The number of carbonyl (C=O) groups excluding carboxylic acids is 3. The van der Waals surface area contributed by atoms with E-state index in [-0.39, 0.29) is 13.1 Å². The summed E-state index contributed by atoms with van der Waals surface area (Å²) in [5, 5.41) is 24.9. The molecule has 0 aromatic heterocycles. The molecule has 0 aliphatic rings. The first-order valence-corrected chi connectivity index (χ1v) is 12.0. The second-order valence-electron chi connectivity index (χ2n) is 9.34. The molecular formula is C27H37N3O6. The van der Waals surface area contributed by atoms with Crippen LogP contribution in [0.4, 0.5) is 4.79 Å². The average Bonchev–Trinajstić information content (AvgIpc) is 2.85. The van der Waals surface area contributed by atoms with Crippen molar-refractivity contribution in [2.45, 2.75) is 58.3 Å². The smallest absolute Gasteiger partial charge is 0.408 e.